The lowest BCUT2D eigenvalue weighted by Crippen LogP contribution is -2.30. The standard InChI is InChI=1S/C28H22F5N5O3.C6H15N/c1-13-16(14(2)39)4-5-18-17(13)6-8-22(18)37-27(41)24-10-23(36-25-21(30)12-35-38(24)25)26(40)34-11-15-3-7-20(29)19(9-15)28(31,32)33;1-2-3-4-5-6-7/h3-5,7,9-10,12,22H,6,8,11H2,1-2H3,(H,34,40)(H,37,41);2-7H2,1H3/t22-;/m0./s1. The SMILES string of the molecule is CC(=O)c1ccc2c(c1C)CC[C@@H]2NC(=O)c1cc(C(=O)NCc2ccc(F)c(C(F)(F)F)c2)nc2c(F)cnn12.CCCCCCN. The molecule has 2 heterocycles. The Morgan fingerprint density at radius 2 is 1.77 bits per heavy atom. The monoisotopic (exact) mass is 672 g/mol. The number of halogens is 5. The summed E-state index contributed by atoms with van der Waals surface area (Å²) < 4.78 is 68.1. The number of amides is 2. The normalized spacial score (nSPS) is 13.9. The molecule has 0 saturated heterocycles. The zero-order valence-corrected chi connectivity index (χ0v) is 26.8. The second-order valence-corrected chi connectivity index (χ2v) is 11.5. The van der Waals surface area contributed by atoms with Crippen LogP contribution in [0, 0.1) is 18.6 Å². The zero-order chi connectivity index (χ0) is 35.2. The first-order valence-corrected chi connectivity index (χ1v) is 15.6. The molecule has 1 aliphatic rings. The van der Waals surface area contributed by atoms with Gasteiger partial charge in [-0.1, -0.05) is 44.4 Å². The average molecular weight is 673 g/mol. The molecule has 2 aromatic heterocycles. The molecule has 4 aromatic rings. The number of hydrogen-bond donors (Lipinski definition) is 3. The number of aromatic nitrogens is 3. The summed E-state index contributed by atoms with van der Waals surface area (Å²) >= 11 is 0. The van der Waals surface area contributed by atoms with E-state index in [0.717, 1.165) is 46.1 Å². The van der Waals surface area contributed by atoms with Gasteiger partial charge in [0.25, 0.3) is 11.8 Å². The summed E-state index contributed by atoms with van der Waals surface area (Å²) in [6.07, 6.45) is 2.25. The van der Waals surface area contributed by atoms with Gasteiger partial charge in [0.1, 0.15) is 17.2 Å². The van der Waals surface area contributed by atoms with E-state index in [-0.39, 0.29) is 22.7 Å². The maximum absolute atomic E-state index is 14.4. The van der Waals surface area contributed by atoms with Crippen LogP contribution < -0.4 is 16.4 Å². The van der Waals surface area contributed by atoms with Gasteiger partial charge >= 0.3 is 6.18 Å². The van der Waals surface area contributed by atoms with Crippen LogP contribution in [0.3, 0.4) is 0 Å². The molecule has 0 unspecified atom stereocenters. The Labute approximate surface area is 274 Å². The molecule has 0 saturated carbocycles. The fraction of sp³-hybridized carbons (Fsp3) is 0.382. The summed E-state index contributed by atoms with van der Waals surface area (Å²) in [5.74, 6) is -4.00. The highest BCUT2D eigenvalue weighted by Crippen LogP contribution is 2.35. The maximum Gasteiger partial charge on any atom is 0.419 e. The van der Waals surface area contributed by atoms with Gasteiger partial charge in [-0.2, -0.15) is 18.3 Å². The van der Waals surface area contributed by atoms with E-state index in [1.165, 1.54) is 32.6 Å². The average Bonchev–Trinajstić information content (AvgIpc) is 3.63. The van der Waals surface area contributed by atoms with Crippen LogP contribution in [0.1, 0.15) is 111 Å². The number of Topliss-reactive ketones (excluding diaryl/α,β-unsaturated/α-hetero) is 1. The highest BCUT2D eigenvalue weighted by Gasteiger charge is 2.34. The summed E-state index contributed by atoms with van der Waals surface area (Å²) in [5.41, 5.74) is 6.01. The number of rotatable bonds is 10. The summed E-state index contributed by atoms with van der Waals surface area (Å²) in [6.45, 7) is 5.97. The van der Waals surface area contributed by atoms with E-state index < -0.39 is 53.4 Å². The minimum Gasteiger partial charge on any atom is -0.347 e. The van der Waals surface area contributed by atoms with E-state index in [4.69, 9.17) is 5.73 Å². The van der Waals surface area contributed by atoms with Crippen molar-refractivity contribution in [1.82, 2.24) is 25.2 Å². The van der Waals surface area contributed by atoms with Gasteiger partial charge in [0, 0.05) is 18.2 Å². The van der Waals surface area contributed by atoms with Gasteiger partial charge in [-0.15, -0.1) is 0 Å². The van der Waals surface area contributed by atoms with Crippen molar-refractivity contribution in [3.63, 3.8) is 0 Å². The number of carbonyl (C=O) groups excluding carboxylic acids is 3. The Balaban J connectivity index is 0.000000671. The predicted molar refractivity (Wildman–Crippen MR) is 168 cm³/mol. The molecule has 0 fully saturated rings. The van der Waals surface area contributed by atoms with Crippen LogP contribution in [-0.2, 0) is 19.1 Å². The molecule has 0 bridgehead atoms. The lowest BCUT2D eigenvalue weighted by atomic mass is 9.96. The molecule has 0 aliphatic heterocycles. The van der Waals surface area contributed by atoms with E-state index in [2.05, 4.69) is 27.6 Å². The van der Waals surface area contributed by atoms with Crippen molar-refractivity contribution >= 4 is 23.2 Å². The summed E-state index contributed by atoms with van der Waals surface area (Å²) in [5, 5.41) is 9.07. The van der Waals surface area contributed by atoms with Gasteiger partial charge in [-0.25, -0.2) is 18.3 Å². The fourth-order valence-corrected chi connectivity index (χ4v) is 5.60. The fourth-order valence-electron chi connectivity index (χ4n) is 5.60. The smallest absolute Gasteiger partial charge is 0.347 e. The van der Waals surface area contributed by atoms with E-state index in [1.807, 2.05) is 6.92 Å². The summed E-state index contributed by atoms with van der Waals surface area (Å²) in [7, 11) is 0. The van der Waals surface area contributed by atoms with Crippen LogP contribution in [-0.4, -0.2) is 38.7 Å². The van der Waals surface area contributed by atoms with E-state index in [0.29, 0.717) is 30.5 Å². The van der Waals surface area contributed by atoms with Crippen molar-refractivity contribution in [2.75, 3.05) is 6.54 Å². The van der Waals surface area contributed by atoms with E-state index >= 15 is 0 Å². The first-order chi connectivity index (χ1) is 22.8. The van der Waals surface area contributed by atoms with Crippen molar-refractivity contribution in [3.8, 4) is 0 Å². The number of hydrogen-bond acceptors (Lipinski definition) is 6. The first kappa shape index (κ1) is 36.1. The maximum atomic E-state index is 14.4. The molecule has 9 nitrogen and oxygen atoms in total. The Morgan fingerprint density at radius 3 is 2.44 bits per heavy atom. The molecule has 0 spiro atoms. The van der Waals surface area contributed by atoms with Gasteiger partial charge in [0.05, 0.1) is 17.8 Å². The van der Waals surface area contributed by atoms with Gasteiger partial charge < -0.3 is 16.4 Å². The largest absolute Gasteiger partial charge is 0.419 e. The Hall–Kier alpha value is -4.72. The van der Waals surface area contributed by atoms with Gasteiger partial charge in [-0.05, 0) is 74.0 Å². The minimum atomic E-state index is -4.92. The lowest BCUT2D eigenvalue weighted by Gasteiger charge is -2.16. The van der Waals surface area contributed by atoms with Crippen LogP contribution in [0.25, 0.3) is 5.65 Å². The second kappa shape index (κ2) is 15.5. The third-order valence-electron chi connectivity index (χ3n) is 8.12. The Bertz CT molecular complexity index is 1820. The highest BCUT2D eigenvalue weighted by atomic mass is 19.4. The van der Waals surface area contributed by atoms with Gasteiger partial charge in [0.15, 0.2) is 17.2 Å². The quantitative estimate of drug-likeness (QED) is 0.101. The number of carbonyl (C=O) groups is 3. The third kappa shape index (κ3) is 8.22. The minimum absolute atomic E-state index is 0.0372. The molecule has 0 radical (unpaired) electrons. The van der Waals surface area contributed by atoms with Crippen LogP contribution in [0.4, 0.5) is 22.0 Å². The number of ketones is 1. The third-order valence-corrected chi connectivity index (χ3v) is 8.12. The topological polar surface area (TPSA) is 131 Å². The molecule has 48 heavy (non-hydrogen) atoms. The number of nitrogens with one attached hydrogen (secondary N) is 2. The number of nitrogens with zero attached hydrogens (tertiary/aromatic N) is 3. The summed E-state index contributed by atoms with van der Waals surface area (Å²) in [4.78, 5) is 42.1. The molecule has 256 valence electrons. The molecule has 2 amide bonds. The lowest BCUT2D eigenvalue weighted by molar-refractivity contribution is -0.140. The molecule has 5 rings (SSSR count). The zero-order valence-electron chi connectivity index (χ0n) is 26.8. The molecule has 2 aromatic carbocycles. The summed E-state index contributed by atoms with van der Waals surface area (Å²) in [6, 6.07) is 6.46. The van der Waals surface area contributed by atoms with Crippen molar-refractivity contribution in [1.29, 1.82) is 0 Å². The van der Waals surface area contributed by atoms with Crippen LogP contribution in [0.5, 0.6) is 0 Å². The molecular weight excluding hydrogens is 635 g/mol. The van der Waals surface area contributed by atoms with Crippen molar-refractivity contribution in [2.24, 2.45) is 5.73 Å². The molecule has 14 heteroatoms. The molecule has 1 atom stereocenters. The van der Waals surface area contributed by atoms with Crippen molar-refractivity contribution < 1.29 is 36.3 Å². The number of alkyl halides is 3. The van der Waals surface area contributed by atoms with E-state index in [1.54, 1.807) is 12.1 Å². The van der Waals surface area contributed by atoms with Crippen molar-refractivity contribution in [3.05, 3.63) is 99.0 Å². The predicted octanol–water partition coefficient (Wildman–Crippen LogP) is 6.41. The van der Waals surface area contributed by atoms with Crippen LogP contribution >= 0.6 is 0 Å². The van der Waals surface area contributed by atoms with Crippen molar-refractivity contribution in [2.45, 2.75) is 78.1 Å². The molecule has 4 N–H and O–H groups in total. The van der Waals surface area contributed by atoms with Gasteiger partial charge in [0.2, 0.25) is 0 Å². The molecule has 1 aliphatic carbocycles. The van der Waals surface area contributed by atoms with Gasteiger partial charge in [-0.3, -0.25) is 14.4 Å². The van der Waals surface area contributed by atoms with Crippen LogP contribution in [0.15, 0.2) is 42.6 Å². The highest BCUT2D eigenvalue weighted by molar-refractivity contribution is 5.99. The number of fused-ring (bicyclic) bond motifs is 2. The number of nitrogens with two attached hydrogens (primary N) is 1. The first-order valence-electron chi connectivity index (χ1n) is 15.6. The second-order valence-electron chi connectivity index (χ2n) is 11.5. The Morgan fingerprint density at radius 1 is 1.02 bits per heavy atom. The van der Waals surface area contributed by atoms with E-state index in [9.17, 15) is 36.3 Å². The number of benzene rings is 2. The number of unbranched alkanes of at least 4 members (excludes halogenated alkanes) is 3. The Kier molecular flexibility index (Phi) is 11.6. The van der Waals surface area contributed by atoms with Crippen LogP contribution in [0.2, 0.25) is 0 Å². The molecular formula is C34H37F5N6O3.